The summed E-state index contributed by atoms with van der Waals surface area (Å²) >= 11 is 0. The molecular weight excluding hydrogens is 232 g/mol. The first kappa shape index (κ1) is 12.0. The van der Waals surface area contributed by atoms with Gasteiger partial charge in [0.2, 0.25) is 0 Å². The maximum atomic E-state index is 8.81. The first-order chi connectivity index (χ1) is 8.67. The fourth-order valence-corrected chi connectivity index (χ4v) is 1.74. The van der Waals surface area contributed by atoms with Gasteiger partial charge >= 0.3 is 0 Å². The Hall–Kier alpha value is -2.50. The van der Waals surface area contributed by atoms with Crippen molar-refractivity contribution in [1.29, 1.82) is 0 Å². The highest BCUT2D eigenvalue weighted by atomic mass is 16.5. The summed E-state index contributed by atoms with van der Waals surface area (Å²) in [4.78, 5) is 4.15. The second-order valence-corrected chi connectivity index (χ2v) is 3.71. The minimum atomic E-state index is 0.0424. The first-order valence-electron chi connectivity index (χ1n) is 5.33. The molecular formula is C12H14N4O2. The molecule has 0 aliphatic rings. The number of amidine groups is 1. The molecule has 18 heavy (non-hydrogen) atoms. The van der Waals surface area contributed by atoms with Crippen LogP contribution in [0, 0.1) is 6.92 Å². The van der Waals surface area contributed by atoms with Gasteiger partial charge in [-0.1, -0.05) is 5.16 Å². The van der Waals surface area contributed by atoms with E-state index in [4.69, 9.17) is 15.7 Å². The molecule has 0 unspecified atom stereocenters. The molecule has 0 amide bonds. The number of nitrogens with zero attached hydrogens (tertiary/aromatic N) is 3. The monoisotopic (exact) mass is 246 g/mol. The summed E-state index contributed by atoms with van der Waals surface area (Å²) in [6, 6.07) is 5.30. The molecule has 6 nitrogen and oxygen atoms in total. The van der Waals surface area contributed by atoms with Crippen LogP contribution in [0.4, 0.5) is 0 Å². The minimum Gasteiger partial charge on any atom is -0.497 e. The number of methoxy groups -OCH3 is 1. The topological polar surface area (TPSA) is 85.7 Å². The van der Waals surface area contributed by atoms with Crippen LogP contribution in [0.15, 0.2) is 35.7 Å². The van der Waals surface area contributed by atoms with Crippen LogP contribution in [0.3, 0.4) is 0 Å². The van der Waals surface area contributed by atoms with Crippen LogP contribution < -0.4 is 10.5 Å². The summed E-state index contributed by atoms with van der Waals surface area (Å²) in [5.41, 5.74) is 7.03. The molecule has 0 radical (unpaired) electrons. The zero-order valence-electron chi connectivity index (χ0n) is 10.2. The van der Waals surface area contributed by atoms with E-state index >= 15 is 0 Å². The van der Waals surface area contributed by atoms with E-state index in [1.54, 1.807) is 31.6 Å². The molecule has 0 fully saturated rings. The molecule has 0 spiro atoms. The lowest BCUT2D eigenvalue weighted by molar-refractivity contribution is 0.318. The molecule has 0 aliphatic heterocycles. The number of oxime groups is 1. The van der Waals surface area contributed by atoms with E-state index in [2.05, 4.69) is 10.1 Å². The average Bonchev–Trinajstić information content (AvgIpc) is 2.83. The lowest BCUT2D eigenvalue weighted by atomic mass is 10.1. The van der Waals surface area contributed by atoms with Crippen LogP contribution >= 0.6 is 0 Å². The van der Waals surface area contributed by atoms with Gasteiger partial charge in [0.05, 0.1) is 12.8 Å². The molecule has 3 N–H and O–H groups in total. The number of hydrogen-bond donors (Lipinski definition) is 2. The van der Waals surface area contributed by atoms with E-state index in [9.17, 15) is 0 Å². The summed E-state index contributed by atoms with van der Waals surface area (Å²) in [6.07, 6.45) is 3.49. The van der Waals surface area contributed by atoms with E-state index in [1.807, 2.05) is 17.6 Å². The Morgan fingerprint density at radius 3 is 2.83 bits per heavy atom. The summed E-state index contributed by atoms with van der Waals surface area (Å²) in [5, 5.41) is 11.8. The third-order valence-electron chi connectivity index (χ3n) is 2.67. The van der Waals surface area contributed by atoms with Gasteiger partial charge in [-0.25, -0.2) is 4.98 Å². The van der Waals surface area contributed by atoms with Gasteiger partial charge in [-0.2, -0.15) is 0 Å². The Kier molecular flexibility index (Phi) is 3.18. The van der Waals surface area contributed by atoms with Crippen molar-refractivity contribution in [3.63, 3.8) is 0 Å². The first-order valence-corrected chi connectivity index (χ1v) is 5.33. The van der Waals surface area contributed by atoms with Crippen molar-refractivity contribution in [3.8, 4) is 11.4 Å². The lowest BCUT2D eigenvalue weighted by Gasteiger charge is -2.12. The molecule has 1 aromatic heterocycles. The van der Waals surface area contributed by atoms with Crippen LogP contribution in [0.2, 0.25) is 0 Å². The van der Waals surface area contributed by atoms with E-state index in [-0.39, 0.29) is 5.84 Å². The predicted octanol–water partition coefficient (Wildman–Crippen LogP) is 1.28. The number of rotatable bonds is 3. The Labute approximate surface area is 104 Å². The van der Waals surface area contributed by atoms with Crippen molar-refractivity contribution in [2.24, 2.45) is 10.9 Å². The minimum absolute atomic E-state index is 0.0424. The van der Waals surface area contributed by atoms with Crippen molar-refractivity contribution in [1.82, 2.24) is 9.55 Å². The fourth-order valence-electron chi connectivity index (χ4n) is 1.74. The van der Waals surface area contributed by atoms with Crippen LogP contribution in [0.25, 0.3) is 5.69 Å². The number of aryl methyl sites for hydroxylation is 1. The fraction of sp³-hybridized carbons (Fsp3) is 0.167. The normalized spacial score (nSPS) is 11.6. The third kappa shape index (κ3) is 2.00. The quantitative estimate of drug-likeness (QED) is 0.370. The number of aromatic nitrogens is 2. The summed E-state index contributed by atoms with van der Waals surface area (Å²) in [6.45, 7) is 1.87. The van der Waals surface area contributed by atoms with Crippen LogP contribution in [0.1, 0.15) is 11.4 Å². The van der Waals surface area contributed by atoms with Gasteiger partial charge < -0.3 is 20.2 Å². The predicted molar refractivity (Wildman–Crippen MR) is 67.4 cm³/mol. The Morgan fingerprint density at radius 1 is 1.50 bits per heavy atom. The number of benzene rings is 1. The van der Waals surface area contributed by atoms with Crippen LogP contribution in [-0.4, -0.2) is 27.7 Å². The molecule has 0 saturated heterocycles. The molecule has 0 atom stereocenters. The van der Waals surface area contributed by atoms with Crippen molar-refractivity contribution in [2.75, 3.05) is 7.11 Å². The molecule has 0 aliphatic carbocycles. The maximum absolute atomic E-state index is 8.81. The Morgan fingerprint density at radius 2 is 2.28 bits per heavy atom. The Bertz CT molecular complexity index is 590. The van der Waals surface area contributed by atoms with Crippen molar-refractivity contribution >= 4 is 5.84 Å². The van der Waals surface area contributed by atoms with Crippen LogP contribution in [0.5, 0.6) is 5.75 Å². The van der Waals surface area contributed by atoms with Crippen molar-refractivity contribution in [2.45, 2.75) is 6.92 Å². The van der Waals surface area contributed by atoms with Crippen molar-refractivity contribution < 1.29 is 9.94 Å². The largest absolute Gasteiger partial charge is 0.497 e. The van der Waals surface area contributed by atoms with E-state index in [1.165, 1.54) is 0 Å². The second kappa shape index (κ2) is 4.79. The molecule has 94 valence electrons. The SMILES string of the molecule is COc1ccc(/C(N)=N/O)c(-n2ccnc2C)c1. The summed E-state index contributed by atoms with van der Waals surface area (Å²) < 4.78 is 7.03. The molecule has 1 aromatic carbocycles. The summed E-state index contributed by atoms with van der Waals surface area (Å²) in [5.74, 6) is 1.53. The summed E-state index contributed by atoms with van der Waals surface area (Å²) in [7, 11) is 1.59. The maximum Gasteiger partial charge on any atom is 0.172 e. The van der Waals surface area contributed by atoms with Gasteiger partial charge in [-0.15, -0.1) is 0 Å². The van der Waals surface area contributed by atoms with E-state index in [0.29, 0.717) is 11.3 Å². The second-order valence-electron chi connectivity index (χ2n) is 3.71. The zero-order valence-corrected chi connectivity index (χ0v) is 10.2. The highest BCUT2D eigenvalue weighted by molar-refractivity contribution is 6.00. The number of nitrogens with two attached hydrogens (primary N) is 1. The molecule has 2 rings (SSSR count). The highest BCUT2D eigenvalue weighted by Crippen LogP contribution is 2.22. The molecule has 6 heteroatoms. The van der Waals surface area contributed by atoms with Gasteiger partial charge in [0, 0.05) is 24.0 Å². The smallest absolute Gasteiger partial charge is 0.172 e. The lowest BCUT2D eigenvalue weighted by Crippen LogP contribution is -2.16. The number of imidazole rings is 1. The molecule has 2 aromatic rings. The standard InChI is InChI=1S/C12H14N4O2/c1-8-14-5-6-16(8)11-7-9(18-2)3-4-10(11)12(13)15-17/h3-7,17H,1-2H3,(H2,13,15). The van der Waals surface area contributed by atoms with Gasteiger partial charge in [0.15, 0.2) is 5.84 Å². The van der Waals surface area contributed by atoms with Gasteiger partial charge in [0.1, 0.15) is 11.6 Å². The van der Waals surface area contributed by atoms with Gasteiger partial charge in [-0.05, 0) is 19.1 Å². The average molecular weight is 246 g/mol. The number of ether oxygens (including phenoxy) is 1. The highest BCUT2D eigenvalue weighted by Gasteiger charge is 2.11. The van der Waals surface area contributed by atoms with Crippen molar-refractivity contribution in [3.05, 3.63) is 42.0 Å². The van der Waals surface area contributed by atoms with Gasteiger partial charge in [-0.3, -0.25) is 0 Å². The van der Waals surface area contributed by atoms with Crippen LogP contribution in [-0.2, 0) is 0 Å². The Balaban J connectivity index is 2.66. The number of hydrogen-bond acceptors (Lipinski definition) is 4. The molecule has 0 saturated carbocycles. The van der Waals surface area contributed by atoms with Gasteiger partial charge in [0.25, 0.3) is 0 Å². The van der Waals surface area contributed by atoms with E-state index < -0.39 is 0 Å². The van der Waals surface area contributed by atoms with E-state index in [0.717, 1.165) is 11.5 Å². The zero-order chi connectivity index (χ0) is 13.1. The third-order valence-corrected chi connectivity index (χ3v) is 2.67. The molecule has 1 heterocycles. The molecule has 0 bridgehead atoms.